The van der Waals surface area contributed by atoms with Crippen molar-refractivity contribution in [2.45, 2.75) is 116 Å². The summed E-state index contributed by atoms with van der Waals surface area (Å²) in [7, 11) is -3.51. The molecule has 0 spiro atoms. The van der Waals surface area contributed by atoms with E-state index >= 15 is 0 Å². The van der Waals surface area contributed by atoms with Gasteiger partial charge < -0.3 is 50.6 Å². The van der Waals surface area contributed by atoms with Crippen LogP contribution in [0.15, 0.2) is 42.7 Å². The number of aromatic nitrogens is 2. The maximum Gasteiger partial charge on any atom is 0.469 e. The van der Waals surface area contributed by atoms with Gasteiger partial charge in [0.1, 0.15) is 11.9 Å². The number of aliphatic hydroxyl groups excluding tert-OH is 1. The van der Waals surface area contributed by atoms with Crippen LogP contribution in [0.25, 0.3) is 0 Å². The minimum Gasteiger partial charge on any atom is -0.394 e. The summed E-state index contributed by atoms with van der Waals surface area (Å²) in [4.78, 5) is 107. The first-order chi connectivity index (χ1) is 29.9. The Labute approximate surface area is 370 Å². The number of ketones is 2. The molecule has 63 heavy (non-hydrogen) atoms. The zero-order chi connectivity index (χ0) is 46.8. The van der Waals surface area contributed by atoms with Crippen LogP contribution in [0, 0.1) is 17.8 Å². The van der Waals surface area contributed by atoms with Crippen molar-refractivity contribution in [2.75, 3.05) is 46.6 Å². The van der Waals surface area contributed by atoms with Gasteiger partial charge in [-0.3, -0.25) is 33.3 Å². The summed E-state index contributed by atoms with van der Waals surface area (Å²) in [5, 5.41) is 15.3. The molecule has 20 heteroatoms. The third kappa shape index (κ3) is 23.2. The summed E-state index contributed by atoms with van der Waals surface area (Å²) in [5.41, 5.74) is 6.69. The second kappa shape index (κ2) is 29.9. The van der Waals surface area contributed by atoms with E-state index in [0.717, 1.165) is 45.4 Å². The van der Waals surface area contributed by atoms with Gasteiger partial charge in [-0.2, -0.15) is 0 Å². The number of aliphatic hydroxyl groups is 1. The molecule has 0 bridgehead atoms. The molecule has 354 valence electrons. The summed E-state index contributed by atoms with van der Waals surface area (Å²) in [5.74, 6) is -6.54. The molecule has 5 atom stereocenters. The van der Waals surface area contributed by atoms with Crippen LogP contribution < -0.4 is 16.4 Å². The average molecular weight is 909 g/mol. The first-order valence-electron chi connectivity index (χ1n) is 21.6. The van der Waals surface area contributed by atoms with Crippen molar-refractivity contribution in [3.05, 3.63) is 54.1 Å². The number of H-pyrrole nitrogens is 1. The Kier molecular flexibility index (Phi) is 26.0. The van der Waals surface area contributed by atoms with Crippen molar-refractivity contribution in [3.8, 4) is 0 Å². The topological polar surface area (TPSA) is 290 Å². The summed E-state index contributed by atoms with van der Waals surface area (Å²) in [6.07, 6.45) is 7.28. The number of primary amides is 1. The van der Waals surface area contributed by atoms with Gasteiger partial charge in [0, 0.05) is 45.3 Å². The smallest absolute Gasteiger partial charge is 0.394 e. The number of unbranched alkanes of at least 4 members (excludes halogenated alkanes) is 5. The minimum atomic E-state index is -5.06. The number of phosphoric ester groups is 1. The molecular weight excluding hydrogens is 839 g/mol. The lowest BCUT2D eigenvalue weighted by Crippen LogP contribution is -2.50. The number of hydrogen-bond donors (Lipinski definition) is 7. The van der Waals surface area contributed by atoms with Crippen LogP contribution in [0.1, 0.15) is 96.4 Å². The first kappa shape index (κ1) is 54.8. The number of nitrogens with two attached hydrogens (primary N) is 1. The number of imidazole rings is 1. The van der Waals surface area contributed by atoms with Crippen molar-refractivity contribution in [1.29, 1.82) is 0 Å². The van der Waals surface area contributed by atoms with Crippen LogP contribution in [0.4, 0.5) is 0 Å². The number of rotatable bonds is 35. The maximum absolute atomic E-state index is 14.0. The average Bonchev–Trinajstić information content (AvgIpc) is 3.74. The number of carbonyl (C=O) groups excluding carboxylic acids is 6. The van der Waals surface area contributed by atoms with Crippen LogP contribution in [0.2, 0.25) is 0 Å². The third-order valence-corrected chi connectivity index (χ3v) is 11.0. The van der Waals surface area contributed by atoms with E-state index in [1.807, 2.05) is 32.0 Å². The largest absolute Gasteiger partial charge is 0.469 e. The van der Waals surface area contributed by atoms with Crippen LogP contribution in [0.3, 0.4) is 0 Å². The Morgan fingerprint density at radius 2 is 1.56 bits per heavy atom. The molecule has 0 aliphatic carbocycles. The van der Waals surface area contributed by atoms with Gasteiger partial charge in [-0.05, 0) is 44.1 Å². The Balaban J connectivity index is 2.14. The molecule has 0 radical (unpaired) electrons. The van der Waals surface area contributed by atoms with E-state index in [1.165, 1.54) is 22.9 Å². The number of amides is 4. The van der Waals surface area contributed by atoms with Crippen molar-refractivity contribution >= 4 is 43.0 Å². The van der Waals surface area contributed by atoms with Crippen molar-refractivity contribution in [1.82, 2.24) is 25.5 Å². The SMILES string of the molecule is COCCOCCC(=O)N(CCCCCCCCc1ccccc1)CC(=O)N[C@@H](CC(C)C)C(=O)C[C@@H](Cc1ncc[nH]1)C(=O)N[C@@H](CO)C(=O)C[C@H](C(N)=O)[C@@H](C)OP(=O)(O)O. The number of ether oxygens (including phenoxy) is 2. The van der Waals surface area contributed by atoms with Crippen LogP contribution in [-0.2, 0) is 60.2 Å². The van der Waals surface area contributed by atoms with Crippen LogP contribution in [0.5, 0.6) is 0 Å². The standard InChI is InChI=1S/C43H69N6O13P/c1-30(2)24-35(47-40(53)28-49(41(54)17-21-61-23-22-60-4)20-13-8-6-5-7-10-14-32-15-11-9-12-16-32)37(51)25-33(26-39-45-18-19-46-39)43(56)48-36(29-50)38(52)27-34(42(44)55)31(3)62-63(57,58)59/h9,11-12,15-16,18-19,30-31,33-36,50H,5-8,10,13-14,17,20-29H2,1-4H3,(H2,44,55)(H,45,46)(H,47,53)(H,48,56)(H2,57,58,59)/t31-,33+,34+,35+,36+/m1/s1. The van der Waals surface area contributed by atoms with Crippen molar-refractivity contribution in [3.63, 3.8) is 0 Å². The highest BCUT2D eigenvalue weighted by atomic mass is 31.2. The van der Waals surface area contributed by atoms with Gasteiger partial charge in [-0.15, -0.1) is 0 Å². The molecule has 0 aliphatic rings. The molecule has 1 aromatic heterocycles. The van der Waals surface area contributed by atoms with E-state index in [1.54, 1.807) is 7.11 Å². The highest BCUT2D eigenvalue weighted by Crippen LogP contribution is 2.39. The van der Waals surface area contributed by atoms with Gasteiger partial charge in [0.15, 0.2) is 11.6 Å². The lowest BCUT2D eigenvalue weighted by Gasteiger charge is -2.26. The molecule has 0 aliphatic heterocycles. The Bertz CT molecular complexity index is 1730. The Hall–Kier alpha value is -4.36. The number of phosphoric acid groups is 1. The quantitative estimate of drug-likeness (QED) is 0.0387. The summed E-state index contributed by atoms with van der Waals surface area (Å²) in [6, 6.07) is 7.70. The summed E-state index contributed by atoms with van der Waals surface area (Å²) >= 11 is 0. The lowest BCUT2D eigenvalue weighted by molar-refractivity contribution is -0.138. The number of benzene rings is 1. The van der Waals surface area contributed by atoms with Gasteiger partial charge >= 0.3 is 7.82 Å². The third-order valence-electron chi connectivity index (χ3n) is 10.4. The number of aromatic amines is 1. The molecule has 8 N–H and O–H groups in total. The van der Waals surface area contributed by atoms with Crippen molar-refractivity contribution in [2.24, 2.45) is 23.5 Å². The van der Waals surface area contributed by atoms with Gasteiger partial charge in [0.05, 0.1) is 63.4 Å². The monoisotopic (exact) mass is 908 g/mol. The van der Waals surface area contributed by atoms with E-state index < -0.39 is 86.6 Å². The van der Waals surface area contributed by atoms with Crippen molar-refractivity contribution < 1.29 is 62.2 Å². The molecule has 0 fully saturated rings. The fourth-order valence-electron chi connectivity index (χ4n) is 6.94. The fourth-order valence-corrected chi connectivity index (χ4v) is 7.52. The van der Waals surface area contributed by atoms with E-state index in [0.29, 0.717) is 32.0 Å². The predicted octanol–water partition coefficient (Wildman–Crippen LogP) is 2.56. The number of aryl methyl sites for hydroxylation is 1. The molecule has 0 saturated heterocycles. The van der Waals surface area contributed by atoms with Crippen LogP contribution in [-0.4, -0.2) is 130 Å². The number of methoxy groups -OCH3 is 1. The van der Waals surface area contributed by atoms with Gasteiger partial charge in [-0.1, -0.05) is 69.9 Å². The normalized spacial score (nSPS) is 14.0. The van der Waals surface area contributed by atoms with Gasteiger partial charge in [-0.25, -0.2) is 9.55 Å². The lowest BCUT2D eigenvalue weighted by atomic mass is 9.90. The molecule has 0 saturated carbocycles. The fraction of sp³-hybridized carbons (Fsp3) is 0.651. The van der Waals surface area contributed by atoms with E-state index in [9.17, 15) is 48.2 Å². The molecule has 1 heterocycles. The second-order valence-electron chi connectivity index (χ2n) is 16.1. The van der Waals surface area contributed by atoms with Gasteiger partial charge in [0.2, 0.25) is 23.6 Å². The van der Waals surface area contributed by atoms with E-state index in [-0.39, 0.29) is 44.2 Å². The van der Waals surface area contributed by atoms with E-state index in [4.69, 9.17) is 15.2 Å². The Morgan fingerprint density at radius 3 is 2.16 bits per heavy atom. The van der Waals surface area contributed by atoms with Gasteiger partial charge in [0.25, 0.3) is 0 Å². The maximum atomic E-state index is 14.0. The molecule has 2 aromatic rings. The predicted molar refractivity (Wildman–Crippen MR) is 232 cm³/mol. The number of nitrogens with zero attached hydrogens (tertiary/aromatic N) is 2. The zero-order valence-electron chi connectivity index (χ0n) is 37.1. The molecule has 19 nitrogen and oxygen atoms in total. The zero-order valence-corrected chi connectivity index (χ0v) is 38.0. The minimum absolute atomic E-state index is 0.0507. The molecule has 2 rings (SSSR count). The highest BCUT2D eigenvalue weighted by molar-refractivity contribution is 7.46. The summed E-state index contributed by atoms with van der Waals surface area (Å²) in [6.45, 7) is 4.83. The van der Waals surface area contributed by atoms with Crippen LogP contribution >= 0.6 is 7.82 Å². The second-order valence-corrected chi connectivity index (χ2v) is 17.3. The molecular formula is C43H69N6O13P. The number of hydrogen-bond acceptors (Lipinski definition) is 12. The first-order valence-corrected chi connectivity index (χ1v) is 23.1. The number of carbonyl (C=O) groups is 6. The molecule has 1 aromatic carbocycles. The number of Topliss-reactive ketones (excluding diaryl/α,β-unsaturated/α-hetero) is 2. The molecule has 0 unspecified atom stereocenters. The number of nitrogens with one attached hydrogen (secondary N) is 3. The van der Waals surface area contributed by atoms with E-state index in [2.05, 4.69) is 37.3 Å². The summed E-state index contributed by atoms with van der Waals surface area (Å²) < 4.78 is 26.4. The molecule has 4 amide bonds. The highest BCUT2D eigenvalue weighted by Gasteiger charge is 2.36. The Morgan fingerprint density at radius 1 is 0.889 bits per heavy atom.